The fourth-order valence-electron chi connectivity index (χ4n) is 8.70. The fourth-order valence-corrected chi connectivity index (χ4v) is 8.70. The maximum Gasteiger partial charge on any atom is 0.409 e. The van der Waals surface area contributed by atoms with Crippen molar-refractivity contribution in [2.45, 2.75) is 285 Å². The molecule has 2 unspecified atom stereocenters. The van der Waals surface area contributed by atoms with Gasteiger partial charge in [-0.15, -0.1) is 0 Å². The molecular weight excluding hydrogens is 885 g/mol. The Morgan fingerprint density at radius 2 is 0.900 bits per heavy atom. The number of rotatable bonds is 50. The van der Waals surface area contributed by atoms with Crippen LogP contribution < -0.4 is 0 Å². The Morgan fingerprint density at radius 1 is 0.514 bits per heavy atom. The van der Waals surface area contributed by atoms with Crippen LogP contribution in [-0.4, -0.2) is 126 Å². The number of methoxy groups -OCH3 is 1. The molecule has 0 bridgehead atoms. The Bertz CT molecular complexity index is 1070. The first-order valence-electron chi connectivity index (χ1n) is 29.6. The van der Waals surface area contributed by atoms with Crippen molar-refractivity contribution in [2.24, 2.45) is 0 Å². The average molecular weight is 1000 g/mol. The monoisotopic (exact) mass is 999 g/mol. The molecular formula is C58H114N2O10. The van der Waals surface area contributed by atoms with Crippen LogP contribution in [0.2, 0.25) is 0 Å². The van der Waals surface area contributed by atoms with Gasteiger partial charge >= 0.3 is 12.1 Å². The lowest BCUT2D eigenvalue weighted by molar-refractivity contribution is -0.165. The van der Waals surface area contributed by atoms with E-state index >= 15 is 0 Å². The van der Waals surface area contributed by atoms with E-state index in [0.717, 1.165) is 84.1 Å². The van der Waals surface area contributed by atoms with Crippen LogP contribution in [0, 0.1) is 0 Å². The zero-order chi connectivity index (χ0) is 51.4. The molecule has 1 heterocycles. The van der Waals surface area contributed by atoms with Gasteiger partial charge in [0.1, 0.15) is 12.4 Å². The largest absolute Gasteiger partial charge is 0.460 e. The molecule has 1 rings (SSSR count). The third kappa shape index (κ3) is 43.7. The lowest BCUT2D eigenvalue weighted by atomic mass is 10.1. The highest BCUT2D eigenvalue weighted by Gasteiger charge is 2.33. The van der Waals surface area contributed by atoms with E-state index in [-0.39, 0.29) is 30.9 Å². The summed E-state index contributed by atoms with van der Waals surface area (Å²) in [6.45, 7) is 20.0. The van der Waals surface area contributed by atoms with E-state index in [1.807, 2.05) is 0 Å². The highest BCUT2D eigenvalue weighted by molar-refractivity contribution is 5.70. The Balaban J connectivity index is 0.00000161. The van der Waals surface area contributed by atoms with Gasteiger partial charge in [0.15, 0.2) is 12.6 Å². The Kier molecular flexibility index (Phi) is 52.1. The highest BCUT2D eigenvalue weighted by Crippen LogP contribution is 2.20. The Hall–Kier alpha value is -1.83. The number of hydrogen-bond acceptors (Lipinski definition) is 11. The van der Waals surface area contributed by atoms with Crippen molar-refractivity contribution >= 4 is 18.3 Å². The first-order valence-corrected chi connectivity index (χ1v) is 29.6. The summed E-state index contributed by atoms with van der Waals surface area (Å²) in [6.07, 6.45) is 37.8. The van der Waals surface area contributed by atoms with E-state index in [4.69, 9.17) is 33.2 Å². The lowest BCUT2D eigenvalue weighted by Crippen LogP contribution is -2.50. The van der Waals surface area contributed by atoms with Crippen LogP contribution >= 0.6 is 0 Å². The maximum absolute atomic E-state index is 12.9. The predicted octanol–water partition coefficient (Wildman–Crippen LogP) is 15.0. The van der Waals surface area contributed by atoms with Crippen LogP contribution in [0.1, 0.15) is 260 Å². The van der Waals surface area contributed by atoms with Crippen molar-refractivity contribution in [3.63, 3.8) is 0 Å². The molecule has 2 atom stereocenters. The summed E-state index contributed by atoms with van der Waals surface area (Å²) in [4.78, 5) is 40.2. The number of amides is 1. The normalized spacial score (nSPS) is 14.9. The minimum absolute atomic E-state index is 0.189. The van der Waals surface area contributed by atoms with E-state index in [9.17, 15) is 14.4 Å². The molecule has 0 aliphatic carbocycles. The number of likely N-dealkylation sites (tertiary alicyclic amines) is 1. The average Bonchev–Trinajstić information content (AvgIpc) is 3.37. The standard InChI is InChI=1S/C36H70N2O7.C22H44O3/c1-6-10-12-14-16-18-20-26-42-35(43-27-21-19-17-15-13-11-7-2)24-23-34(39)45-33-29-32(41-5)30-38(31-33)36(40)44-28-22-25-37(8-3)9-4;1-3-5-7-9-11-13-15-20-24-22(18-17-19-23)25-21-16-14-12-10-8-6-4-2/h32-33,35H,6-31H2,1-5H3;19,22H,3-18,20-21H2,1-2H3. The van der Waals surface area contributed by atoms with Gasteiger partial charge in [-0.25, -0.2) is 4.79 Å². The van der Waals surface area contributed by atoms with Gasteiger partial charge in [0, 0.05) is 65.8 Å². The molecule has 1 fully saturated rings. The number of piperidine rings is 1. The molecule has 1 saturated heterocycles. The van der Waals surface area contributed by atoms with Crippen molar-refractivity contribution < 1.29 is 47.5 Å². The van der Waals surface area contributed by atoms with Crippen LogP contribution in [0.4, 0.5) is 4.79 Å². The maximum atomic E-state index is 12.9. The first kappa shape index (κ1) is 68.2. The smallest absolute Gasteiger partial charge is 0.409 e. The summed E-state index contributed by atoms with van der Waals surface area (Å²) in [7, 11) is 1.62. The number of unbranched alkanes of at least 4 members (excludes halogenated alkanes) is 24. The topological polar surface area (TPSA) is 122 Å². The highest BCUT2D eigenvalue weighted by atomic mass is 16.7. The molecule has 12 heteroatoms. The molecule has 0 spiro atoms. The summed E-state index contributed by atoms with van der Waals surface area (Å²) in [5, 5.41) is 0. The van der Waals surface area contributed by atoms with Crippen LogP contribution in [-0.2, 0) is 42.7 Å². The van der Waals surface area contributed by atoms with Crippen molar-refractivity contribution in [2.75, 3.05) is 72.9 Å². The SMILES string of the molecule is CCCCCCCCCOC(CCC(=O)OC1CC(OC)CN(C(=O)OCCCN(CC)CC)C1)OCCCCCCCCC.CCCCCCCCCOC(CCC=O)OCCCCCCCCC. The molecule has 1 aliphatic rings. The molecule has 0 aromatic heterocycles. The molecule has 416 valence electrons. The number of carbonyl (C=O) groups is 3. The Morgan fingerprint density at radius 3 is 1.29 bits per heavy atom. The number of aldehydes is 1. The van der Waals surface area contributed by atoms with Crippen molar-refractivity contribution in [3.05, 3.63) is 0 Å². The van der Waals surface area contributed by atoms with E-state index in [2.05, 4.69) is 46.4 Å². The molecule has 0 aromatic rings. The van der Waals surface area contributed by atoms with Crippen LogP contribution in [0.15, 0.2) is 0 Å². The molecule has 0 saturated carbocycles. The summed E-state index contributed by atoms with van der Waals surface area (Å²) in [6, 6.07) is 0. The van der Waals surface area contributed by atoms with Gasteiger partial charge in [0.25, 0.3) is 0 Å². The second-order valence-electron chi connectivity index (χ2n) is 19.7. The fraction of sp³-hybridized carbons (Fsp3) is 0.948. The van der Waals surface area contributed by atoms with Crippen LogP contribution in [0.5, 0.6) is 0 Å². The molecule has 12 nitrogen and oxygen atoms in total. The molecule has 70 heavy (non-hydrogen) atoms. The van der Waals surface area contributed by atoms with Gasteiger partial charge in [0.05, 0.1) is 32.2 Å². The zero-order valence-electron chi connectivity index (χ0n) is 47.0. The van der Waals surface area contributed by atoms with Gasteiger partial charge in [-0.05, 0) is 45.2 Å². The number of ether oxygens (including phenoxy) is 7. The number of carbonyl (C=O) groups excluding carboxylic acids is 3. The minimum Gasteiger partial charge on any atom is -0.460 e. The number of hydrogen-bond donors (Lipinski definition) is 0. The number of esters is 1. The number of nitrogens with zero attached hydrogens (tertiary/aromatic N) is 2. The second-order valence-corrected chi connectivity index (χ2v) is 19.7. The molecule has 0 N–H and O–H groups in total. The van der Waals surface area contributed by atoms with E-state index < -0.39 is 12.4 Å². The first-order chi connectivity index (χ1) is 34.3. The Labute approximate surface area is 431 Å². The van der Waals surface area contributed by atoms with Crippen LogP contribution in [0.3, 0.4) is 0 Å². The molecule has 1 aliphatic heterocycles. The molecule has 1 amide bonds. The molecule has 0 radical (unpaired) electrons. The summed E-state index contributed by atoms with van der Waals surface area (Å²) in [5.74, 6) is -0.298. The predicted molar refractivity (Wildman–Crippen MR) is 289 cm³/mol. The second kappa shape index (κ2) is 53.5. The molecule has 0 aromatic carbocycles. The summed E-state index contributed by atoms with van der Waals surface area (Å²) >= 11 is 0. The van der Waals surface area contributed by atoms with E-state index in [1.165, 1.54) is 141 Å². The summed E-state index contributed by atoms with van der Waals surface area (Å²) < 4.78 is 40.8. The quantitative estimate of drug-likeness (QED) is 0.0250. The lowest BCUT2D eigenvalue weighted by Gasteiger charge is -2.36. The van der Waals surface area contributed by atoms with Crippen molar-refractivity contribution in [1.82, 2.24) is 9.80 Å². The van der Waals surface area contributed by atoms with Crippen molar-refractivity contribution in [3.8, 4) is 0 Å². The third-order valence-electron chi connectivity index (χ3n) is 13.3. The van der Waals surface area contributed by atoms with Gasteiger partial charge in [-0.2, -0.15) is 0 Å². The van der Waals surface area contributed by atoms with E-state index in [1.54, 1.807) is 12.0 Å². The van der Waals surface area contributed by atoms with Gasteiger partial charge in [-0.3, -0.25) is 4.79 Å². The van der Waals surface area contributed by atoms with E-state index in [0.29, 0.717) is 58.6 Å². The van der Waals surface area contributed by atoms with Gasteiger partial charge in [-0.1, -0.05) is 196 Å². The third-order valence-corrected chi connectivity index (χ3v) is 13.3. The van der Waals surface area contributed by atoms with Crippen molar-refractivity contribution in [1.29, 1.82) is 0 Å². The zero-order valence-corrected chi connectivity index (χ0v) is 47.0. The summed E-state index contributed by atoms with van der Waals surface area (Å²) in [5.41, 5.74) is 0. The van der Waals surface area contributed by atoms with Crippen LogP contribution in [0.25, 0.3) is 0 Å². The van der Waals surface area contributed by atoms with Gasteiger partial charge < -0.3 is 47.8 Å². The van der Waals surface area contributed by atoms with Gasteiger partial charge in [0.2, 0.25) is 0 Å². The minimum atomic E-state index is -0.430.